The van der Waals surface area contributed by atoms with Gasteiger partial charge in [-0.2, -0.15) is 0 Å². The number of hydrogen-bond donors (Lipinski definition) is 1. The van der Waals surface area contributed by atoms with Crippen molar-refractivity contribution >= 4 is 0 Å². The first-order valence-electron chi connectivity index (χ1n) is 6.36. The normalized spacial score (nSPS) is 12.0. The molecule has 0 heterocycles. The van der Waals surface area contributed by atoms with Crippen LogP contribution in [0.15, 0.2) is 42.5 Å². The first kappa shape index (κ1) is 14.3. The van der Waals surface area contributed by atoms with E-state index in [9.17, 15) is 4.39 Å². The first-order valence-corrected chi connectivity index (χ1v) is 6.36. The van der Waals surface area contributed by atoms with Gasteiger partial charge in [-0.15, -0.1) is 0 Å². The number of benzene rings is 2. The van der Waals surface area contributed by atoms with Gasteiger partial charge < -0.3 is 15.2 Å². The van der Waals surface area contributed by atoms with E-state index in [-0.39, 0.29) is 11.9 Å². The van der Waals surface area contributed by atoms with Crippen molar-refractivity contribution < 1.29 is 13.9 Å². The summed E-state index contributed by atoms with van der Waals surface area (Å²) in [6.07, 6.45) is 0.589. The Morgan fingerprint density at radius 2 is 1.75 bits per heavy atom. The number of hydrogen-bond acceptors (Lipinski definition) is 3. The minimum Gasteiger partial charge on any atom is -0.497 e. The molecule has 0 saturated carbocycles. The number of rotatable bonds is 5. The fourth-order valence-corrected chi connectivity index (χ4v) is 2.11. The fraction of sp³-hybridized carbons (Fsp3) is 0.250. The maximum absolute atomic E-state index is 12.9. The molecule has 2 aromatic rings. The molecule has 2 N–H and O–H groups in total. The van der Waals surface area contributed by atoms with Crippen LogP contribution in [0.2, 0.25) is 0 Å². The summed E-state index contributed by atoms with van der Waals surface area (Å²) in [7, 11) is 3.24. The van der Waals surface area contributed by atoms with Gasteiger partial charge in [0.05, 0.1) is 14.2 Å². The quantitative estimate of drug-likeness (QED) is 0.912. The Morgan fingerprint density at radius 1 is 1.05 bits per heavy atom. The van der Waals surface area contributed by atoms with Gasteiger partial charge >= 0.3 is 0 Å². The van der Waals surface area contributed by atoms with Crippen LogP contribution in [0.1, 0.15) is 17.2 Å². The molecule has 106 valence electrons. The number of halogens is 1. The molecule has 2 aromatic carbocycles. The lowest BCUT2D eigenvalue weighted by atomic mass is 9.99. The highest BCUT2D eigenvalue weighted by atomic mass is 19.1. The Labute approximate surface area is 118 Å². The zero-order valence-electron chi connectivity index (χ0n) is 11.6. The Morgan fingerprint density at radius 3 is 2.35 bits per heavy atom. The highest BCUT2D eigenvalue weighted by Crippen LogP contribution is 2.27. The number of ether oxygens (including phenoxy) is 2. The predicted molar refractivity (Wildman–Crippen MR) is 76.6 cm³/mol. The lowest BCUT2D eigenvalue weighted by Crippen LogP contribution is -2.14. The van der Waals surface area contributed by atoms with Crippen LogP contribution < -0.4 is 15.2 Å². The Kier molecular flexibility index (Phi) is 4.58. The van der Waals surface area contributed by atoms with Crippen molar-refractivity contribution in [1.29, 1.82) is 0 Å². The van der Waals surface area contributed by atoms with Crippen molar-refractivity contribution in [3.8, 4) is 11.5 Å². The summed E-state index contributed by atoms with van der Waals surface area (Å²) in [5.74, 6) is 1.26. The molecule has 3 nitrogen and oxygen atoms in total. The third-order valence-corrected chi connectivity index (χ3v) is 3.23. The standard InChI is InChI=1S/C16H18FNO2/c1-19-14-7-8-16(20-2)12(9-14)10-15(18)11-3-5-13(17)6-4-11/h3-9,15H,10,18H2,1-2H3. The molecule has 0 saturated heterocycles. The molecule has 0 bridgehead atoms. The van der Waals surface area contributed by atoms with Gasteiger partial charge in [0.25, 0.3) is 0 Å². The van der Waals surface area contributed by atoms with Gasteiger partial charge in [-0.05, 0) is 47.9 Å². The highest BCUT2D eigenvalue weighted by Gasteiger charge is 2.12. The molecule has 0 aliphatic carbocycles. The minimum atomic E-state index is -0.264. The van der Waals surface area contributed by atoms with E-state index >= 15 is 0 Å². The van der Waals surface area contributed by atoms with E-state index in [1.165, 1.54) is 12.1 Å². The number of methoxy groups -OCH3 is 2. The van der Waals surface area contributed by atoms with Crippen LogP contribution in [0.4, 0.5) is 4.39 Å². The van der Waals surface area contributed by atoms with Crippen LogP contribution in [0.25, 0.3) is 0 Å². The second-order valence-corrected chi connectivity index (χ2v) is 4.54. The Hall–Kier alpha value is -2.07. The molecule has 2 rings (SSSR count). The van der Waals surface area contributed by atoms with Crippen LogP contribution in [0.5, 0.6) is 11.5 Å². The lowest BCUT2D eigenvalue weighted by Gasteiger charge is -2.15. The van der Waals surface area contributed by atoms with Gasteiger partial charge in [0.2, 0.25) is 0 Å². The van der Waals surface area contributed by atoms with E-state index in [0.29, 0.717) is 6.42 Å². The second-order valence-electron chi connectivity index (χ2n) is 4.54. The van der Waals surface area contributed by atoms with Crippen LogP contribution in [-0.4, -0.2) is 14.2 Å². The van der Waals surface area contributed by atoms with E-state index in [4.69, 9.17) is 15.2 Å². The fourth-order valence-electron chi connectivity index (χ4n) is 2.11. The molecule has 0 fully saturated rings. The molecule has 0 radical (unpaired) electrons. The molecular weight excluding hydrogens is 257 g/mol. The van der Waals surface area contributed by atoms with Crippen LogP contribution in [0.3, 0.4) is 0 Å². The summed E-state index contributed by atoms with van der Waals surface area (Å²) in [5, 5.41) is 0. The summed E-state index contributed by atoms with van der Waals surface area (Å²) in [5.41, 5.74) is 8.02. The zero-order chi connectivity index (χ0) is 14.5. The predicted octanol–water partition coefficient (Wildman–Crippen LogP) is 3.09. The molecule has 4 heteroatoms. The van der Waals surface area contributed by atoms with E-state index in [1.54, 1.807) is 26.4 Å². The van der Waals surface area contributed by atoms with Crippen molar-refractivity contribution in [2.24, 2.45) is 5.73 Å². The molecular formula is C16H18FNO2. The van der Waals surface area contributed by atoms with Crippen molar-refractivity contribution in [2.45, 2.75) is 12.5 Å². The first-order chi connectivity index (χ1) is 9.63. The van der Waals surface area contributed by atoms with E-state index in [1.807, 2.05) is 18.2 Å². The van der Waals surface area contributed by atoms with Gasteiger partial charge in [-0.1, -0.05) is 12.1 Å². The van der Waals surface area contributed by atoms with Crippen LogP contribution in [0, 0.1) is 5.82 Å². The average Bonchev–Trinajstić information content (AvgIpc) is 2.47. The molecule has 1 unspecified atom stereocenters. The molecule has 1 atom stereocenters. The third kappa shape index (κ3) is 3.27. The number of nitrogens with two attached hydrogens (primary N) is 1. The summed E-state index contributed by atoms with van der Waals surface area (Å²) in [4.78, 5) is 0. The SMILES string of the molecule is COc1ccc(OC)c(CC(N)c2ccc(F)cc2)c1. The topological polar surface area (TPSA) is 44.5 Å². The highest BCUT2D eigenvalue weighted by molar-refractivity contribution is 5.41. The summed E-state index contributed by atoms with van der Waals surface area (Å²) < 4.78 is 23.5. The summed E-state index contributed by atoms with van der Waals surface area (Å²) in [6.45, 7) is 0. The smallest absolute Gasteiger partial charge is 0.123 e. The van der Waals surface area contributed by atoms with Crippen LogP contribution in [-0.2, 0) is 6.42 Å². The molecule has 20 heavy (non-hydrogen) atoms. The summed E-state index contributed by atoms with van der Waals surface area (Å²) >= 11 is 0. The lowest BCUT2D eigenvalue weighted by molar-refractivity contribution is 0.397. The molecule has 0 spiro atoms. The maximum Gasteiger partial charge on any atom is 0.123 e. The average molecular weight is 275 g/mol. The monoisotopic (exact) mass is 275 g/mol. The molecule has 0 amide bonds. The van der Waals surface area contributed by atoms with Crippen LogP contribution >= 0.6 is 0 Å². The van der Waals surface area contributed by atoms with E-state index in [0.717, 1.165) is 22.6 Å². The molecule has 0 aliphatic heterocycles. The van der Waals surface area contributed by atoms with E-state index in [2.05, 4.69) is 0 Å². The second kappa shape index (κ2) is 6.39. The van der Waals surface area contributed by atoms with Crippen molar-refractivity contribution in [1.82, 2.24) is 0 Å². The van der Waals surface area contributed by atoms with Gasteiger partial charge in [0.1, 0.15) is 17.3 Å². The van der Waals surface area contributed by atoms with Gasteiger partial charge in [-0.3, -0.25) is 0 Å². The Balaban J connectivity index is 2.21. The van der Waals surface area contributed by atoms with Crippen molar-refractivity contribution in [3.63, 3.8) is 0 Å². The van der Waals surface area contributed by atoms with Crippen molar-refractivity contribution in [3.05, 3.63) is 59.4 Å². The molecule has 0 aliphatic rings. The zero-order valence-corrected chi connectivity index (χ0v) is 11.6. The third-order valence-electron chi connectivity index (χ3n) is 3.23. The Bertz CT molecular complexity index is 569. The largest absolute Gasteiger partial charge is 0.497 e. The van der Waals surface area contributed by atoms with Gasteiger partial charge in [0.15, 0.2) is 0 Å². The van der Waals surface area contributed by atoms with Crippen molar-refractivity contribution in [2.75, 3.05) is 14.2 Å². The van der Waals surface area contributed by atoms with E-state index < -0.39 is 0 Å². The minimum absolute atomic E-state index is 0.225. The summed E-state index contributed by atoms with van der Waals surface area (Å²) in [6, 6.07) is 11.6. The van der Waals surface area contributed by atoms with Gasteiger partial charge in [-0.25, -0.2) is 4.39 Å². The maximum atomic E-state index is 12.9. The van der Waals surface area contributed by atoms with Gasteiger partial charge in [0, 0.05) is 6.04 Å². The molecule has 0 aromatic heterocycles.